The number of pyridine rings is 1. The van der Waals surface area contributed by atoms with E-state index >= 15 is 0 Å². The van der Waals surface area contributed by atoms with Crippen molar-refractivity contribution < 1.29 is 14.3 Å². The summed E-state index contributed by atoms with van der Waals surface area (Å²) in [4.78, 5) is 17.3. The van der Waals surface area contributed by atoms with Gasteiger partial charge in [-0.15, -0.1) is 0 Å². The van der Waals surface area contributed by atoms with Crippen LogP contribution in [-0.4, -0.2) is 48.3 Å². The molecule has 1 aromatic rings. The van der Waals surface area contributed by atoms with E-state index in [4.69, 9.17) is 9.47 Å². The van der Waals surface area contributed by atoms with E-state index in [-0.39, 0.29) is 36.1 Å². The summed E-state index contributed by atoms with van der Waals surface area (Å²) in [5.74, 6) is 0.695. The number of rotatable bonds is 6. The Morgan fingerprint density at radius 2 is 2.23 bits per heavy atom. The molecule has 7 heteroatoms. The van der Waals surface area contributed by atoms with Gasteiger partial charge in [-0.25, -0.2) is 0 Å². The summed E-state index contributed by atoms with van der Waals surface area (Å²) in [5.41, 5.74) is 7.45. The lowest BCUT2D eigenvalue weighted by Crippen LogP contribution is -2.53. The van der Waals surface area contributed by atoms with E-state index in [2.05, 4.69) is 28.1 Å². The van der Waals surface area contributed by atoms with Gasteiger partial charge in [0.05, 0.1) is 30.9 Å². The van der Waals surface area contributed by atoms with Crippen molar-refractivity contribution in [2.45, 2.75) is 57.0 Å². The van der Waals surface area contributed by atoms with E-state index in [0.717, 1.165) is 12.1 Å². The lowest BCUT2D eigenvalue weighted by atomic mass is 9.90. The lowest BCUT2D eigenvalue weighted by molar-refractivity contribution is -0.131. The molecule has 3 fully saturated rings. The smallest absolute Gasteiger partial charge is 0.226 e. The molecule has 1 saturated carbocycles. The SMILES string of the molecule is CC1NNC(C2CC2)C1C(=O)N[C@@H]1CCOC[C@H]1OCc1ccccn1. The summed E-state index contributed by atoms with van der Waals surface area (Å²) in [6, 6.07) is 6.12. The molecule has 3 heterocycles. The molecule has 1 aliphatic carbocycles. The number of ether oxygens (including phenoxy) is 2. The maximum atomic E-state index is 13.0. The minimum Gasteiger partial charge on any atom is -0.379 e. The van der Waals surface area contributed by atoms with Gasteiger partial charge in [-0.1, -0.05) is 6.07 Å². The number of nitrogens with zero attached hydrogens (tertiary/aromatic N) is 1. The molecule has 1 amide bonds. The van der Waals surface area contributed by atoms with Gasteiger partial charge in [0.15, 0.2) is 0 Å². The molecule has 3 aliphatic rings. The standard InChI is InChI=1S/C19H28N4O3/c1-12-17(18(23-22-12)13-5-6-13)19(24)21-15-7-9-25-11-16(15)26-10-14-4-2-3-8-20-14/h2-4,8,12-13,15-18,22-23H,5-7,9-11H2,1H3,(H,21,24)/t12?,15-,16-,17?,18?/m1/s1. The molecule has 2 saturated heterocycles. The van der Waals surface area contributed by atoms with Crippen molar-refractivity contribution in [3.05, 3.63) is 30.1 Å². The van der Waals surface area contributed by atoms with Crippen LogP contribution in [0.4, 0.5) is 0 Å². The van der Waals surface area contributed by atoms with Crippen LogP contribution >= 0.6 is 0 Å². The first kappa shape index (κ1) is 17.9. The Hall–Kier alpha value is -1.54. The molecule has 1 aromatic heterocycles. The molecular weight excluding hydrogens is 332 g/mol. The third-order valence-corrected chi connectivity index (χ3v) is 5.64. The second-order valence-electron chi connectivity index (χ2n) is 7.62. The van der Waals surface area contributed by atoms with E-state index in [9.17, 15) is 4.79 Å². The highest BCUT2D eigenvalue weighted by Gasteiger charge is 2.46. The van der Waals surface area contributed by atoms with Crippen molar-refractivity contribution in [3.63, 3.8) is 0 Å². The van der Waals surface area contributed by atoms with Crippen molar-refractivity contribution in [2.24, 2.45) is 11.8 Å². The van der Waals surface area contributed by atoms with E-state index in [1.54, 1.807) is 6.20 Å². The second-order valence-corrected chi connectivity index (χ2v) is 7.62. The highest BCUT2D eigenvalue weighted by atomic mass is 16.5. The summed E-state index contributed by atoms with van der Waals surface area (Å²) in [6.07, 6.45) is 4.81. The molecule has 5 atom stereocenters. The summed E-state index contributed by atoms with van der Waals surface area (Å²) in [6.45, 7) is 3.64. The fraction of sp³-hybridized carbons (Fsp3) is 0.684. The van der Waals surface area contributed by atoms with E-state index in [1.165, 1.54) is 12.8 Å². The second kappa shape index (κ2) is 8.00. The Labute approximate surface area is 154 Å². The largest absolute Gasteiger partial charge is 0.379 e. The van der Waals surface area contributed by atoms with Crippen LogP contribution in [0.2, 0.25) is 0 Å². The Bertz CT molecular complexity index is 610. The number of hydrogen-bond donors (Lipinski definition) is 3. The summed E-state index contributed by atoms with van der Waals surface area (Å²) < 4.78 is 11.6. The number of hydrogen-bond acceptors (Lipinski definition) is 6. The van der Waals surface area contributed by atoms with E-state index in [1.807, 2.05) is 18.2 Å². The van der Waals surface area contributed by atoms with Gasteiger partial charge in [0.25, 0.3) is 0 Å². The predicted molar refractivity (Wildman–Crippen MR) is 95.9 cm³/mol. The fourth-order valence-electron chi connectivity index (χ4n) is 3.97. The number of carbonyl (C=O) groups is 1. The maximum absolute atomic E-state index is 13.0. The van der Waals surface area contributed by atoms with Gasteiger partial charge in [-0.3, -0.25) is 20.6 Å². The van der Waals surface area contributed by atoms with Gasteiger partial charge in [0.2, 0.25) is 5.91 Å². The average molecular weight is 360 g/mol. The van der Waals surface area contributed by atoms with E-state index in [0.29, 0.717) is 25.7 Å². The zero-order valence-corrected chi connectivity index (χ0v) is 15.2. The third kappa shape index (κ3) is 4.06. The quantitative estimate of drug-likeness (QED) is 0.695. The number of aromatic nitrogens is 1. The van der Waals surface area contributed by atoms with Crippen LogP contribution in [0.3, 0.4) is 0 Å². The summed E-state index contributed by atoms with van der Waals surface area (Å²) in [7, 11) is 0. The van der Waals surface area contributed by atoms with Crippen LogP contribution in [0.25, 0.3) is 0 Å². The monoisotopic (exact) mass is 360 g/mol. The number of amides is 1. The van der Waals surface area contributed by atoms with Crippen LogP contribution in [0.1, 0.15) is 31.9 Å². The van der Waals surface area contributed by atoms with Crippen LogP contribution < -0.4 is 16.2 Å². The van der Waals surface area contributed by atoms with Crippen molar-refractivity contribution in [3.8, 4) is 0 Å². The third-order valence-electron chi connectivity index (χ3n) is 5.64. The van der Waals surface area contributed by atoms with Crippen molar-refractivity contribution in [1.29, 1.82) is 0 Å². The Balaban J connectivity index is 1.36. The van der Waals surface area contributed by atoms with Gasteiger partial charge in [0.1, 0.15) is 6.10 Å². The first-order valence-electron chi connectivity index (χ1n) is 9.63. The zero-order valence-electron chi connectivity index (χ0n) is 15.2. The molecule has 0 aromatic carbocycles. The minimum absolute atomic E-state index is 0.0207. The van der Waals surface area contributed by atoms with Crippen molar-refractivity contribution in [1.82, 2.24) is 21.2 Å². The number of hydrazine groups is 1. The van der Waals surface area contributed by atoms with Gasteiger partial charge in [0, 0.05) is 24.9 Å². The molecule has 4 rings (SSSR count). The summed E-state index contributed by atoms with van der Waals surface area (Å²) in [5, 5.41) is 3.25. The molecule has 3 N–H and O–H groups in total. The average Bonchev–Trinajstić information content (AvgIpc) is 3.43. The predicted octanol–water partition coefficient (Wildman–Crippen LogP) is 0.763. The molecule has 2 aliphatic heterocycles. The fourth-order valence-corrected chi connectivity index (χ4v) is 3.97. The summed E-state index contributed by atoms with van der Waals surface area (Å²) >= 11 is 0. The van der Waals surface area contributed by atoms with Gasteiger partial charge >= 0.3 is 0 Å². The minimum atomic E-state index is -0.147. The Kier molecular flexibility index (Phi) is 5.49. The highest BCUT2D eigenvalue weighted by Crippen LogP contribution is 2.38. The molecule has 3 unspecified atom stereocenters. The molecule has 142 valence electrons. The first-order valence-corrected chi connectivity index (χ1v) is 9.63. The van der Waals surface area contributed by atoms with Crippen LogP contribution in [-0.2, 0) is 20.9 Å². The number of carbonyl (C=O) groups excluding carboxylic acids is 1. The van der Waals surface area contributed by atoms with Gasteiger partial charge in [-0.05, 0) is 44.2 Å². The number of nitrogens with one attached hydrogen (secondary N) is 3. The zero-order chi connectivity index (χ0) is 17.9. The normalized spacial score (nSPS) is 34.6. The molecule has 0 radical (unpaired) electrons. The molecular formula is C19H28N4O3. The highest BCUT2D eigenvalue weighted by molar-refractivity contribution is 5.81. The van der Waals surface area contributed by atoms with Crippen LogP contribution in [0.15, 0.2) is 24.4 Å². The van der Waals surface area contributed by atoms with Crippen molar-refractivity contribution >= 4 is 5.91 Å². The van der Waals surface area contributed by atoms with Crippen molar-refractivity contribution in [2.75, 3.05) is 13.2 Å². The van der Waals surface area contributed by atoms with Gasteiger partial charge < -0.3 is 14.8 Å². The first-order chi connectivity index (χ1) is 12.7. The molecule has 0 bridgehead atoms. The molecule has 0 spiro atoms. The molecule has 26 heavy (non-hydrogen) atoms. The van der Waals surface area contributed by atoms with Crippen LogP contribution in [0, 0.1) is 11.8 Å². The Morgan fingerprint density at radius 1 is 1.35 bits per heavy atom. The Morgan fingerprint density at radius 3 is 3.00 bits per heavy atom. The van der Waals surface area contributed by atoms with Gasteiger partial charge in [-0.2, -0.15) is 0 Å². The lowest BCUT2D eigenvalue weighted by Gasteiger charge is -2.33. The topological polar surface area (TPSA) is 84.5 Å². The van der Waals surface area contributed by atoms with E-state index < -0.39 is 0 Å². The maximum Gasteiger partial charge on any atom is 0.226 e. The van der Waals surface area contributed by atoms with Crippen LogP contribution in [0.5, 0.6) is 0 Å². The molecule has 7 nitrogen and oxygen atoms in total.